The van der Waals surface area contributed by atoms with E-state index in [0.29, 0.717) is 11.1 Å². The molecule has 0 radical (unpaired) electrons. The summed E-state index contributed by atoms with van der Waals surface area (Å²) in [7, 11) is 0. The lowest BCUT2D eigenvalue weighted by atomic mass is 9.90. The molecule has 2 nitrogen and oxygen atoms in total. The first-order valence-electron chi connectivity index (χ1n) is 11.1. The van der Waals surface area contributed by atoms with Crippen molar-refractivity contribution in [3.63, 3.8) is 0 Å². The minimum absolute atomic E-state index is 0.651. The zero-order chi connectivity index (χ0) is 23.3. The average Bonchev–Trinajstić information content (AvgIpc) is 2.90. The molecule has 0 aromatic heterocycles. The second kappa shape index (κ2) is 9.29. The van der Waals surface area contributed by atoms with E-state index in [1.165, 1.54) is 21.5 Å². The smallest absolute Gasteiger partial charge is 0.0991 e. The minimum atomic E-state index is 0.651. The van der Waals surface area contributed by atoms with Crippen molar-refractivity contribution in [2.45, 2.75) is 0 Å². The summed E-state index contributed by atoms with van der Waals surface area (Å²) in [5, 5.41) is 23.1. The zero-order valence-electron chi connectivity index (χ0n) is 18.4. The van der Waals surface area contributed by atoms with Crippen molar-refractivity contribution in [1.82, 2.24) is 0 Å². The first-order valence-corrected chi connectivity index (χ1v) is 11.1. The number of hydrogen-bond acceptors (Lipinski definition) is 2. The van der Waals surface area contributed by atoms with Gasteiger partial charge in [0.15, 0.2) is 0 Å². The van der Waals surface area contributed by atoms with Crippen LogP contribution in [0.3, 0.4) is 0 Å². The summed E-state index contributed by atoms with van der Waals surface area (Å²) in [4.78, 5) is 0. The van der Waals surface area contributed by atoms with Gasteiger partial charge in [0.1, 0.15) is 0 Å². The quantitative estimate of drug-likeness (QED) is 0.213. The van der Waals surface area contributed by atoms with Crippen molar-refractivity contribution in [2.24, 2.45) is 0 Å². The minimum Gasteiger partial charge on any atom is -0.192 e. The Morgan fingerprint density at radius 1 is 0.441 bits per heavy atom. The molecule has 0 saturated heterocycles. The normalized spacial score (nSPS) is 11.2. The lowest BCUT2D eigenvalue weighted by Crippen LogP contribution is -1.88. The molecule has 0 aliphatic rings. The molecule has 0 amide bonds. The maximum absolute atomic E-state index is 9.23. The van der Waals surface area contributed by atoms with Gasteiger partial charge in [-0.2, -0.15) is 10.5 Å². The summed E-state index contributed by atoms with van der Waals surface area (Å²) < 4.78 is 0. The SMILES string of the molecule is N#Cc1cccc(/C=C/c2c3ccccc3c(/C=C/c3cccc(C#N)c3)c3ccccc23)c1. The van der Waals surface area contributed by atoms with Gasteiger partial charge in [0.05, 0.1) is 23.3 Å². The van der Waals surface area contributed by atoms with E-state index in [9.17, 15) is 10.5 Å². The molecule has 0 N–H and O–H groups in total. The third kappa shape index (κ3) is 4.09. The first kappa shape index (κ1) is 21.0. The molecule has 0 aliphatic carbocycles. The summed E-state index contributed by atoms with van der Waals surface area (Å²) in [6.07, 6.45) is 8.42. The predicted octanol–water partition coefficient (Wildman–Crippen LogP) is 8.08. The molecule has 5 rings (SSSR count). The monoisotopic (exact) mass is 432 g/mol. The molecule has 158 valence electrons. The molecule has 34 heavy (non-hydrogen) atoms. The highest BCUT2D eigenvalue weighted by atomic mass is 14.2. The van der Waals surface area contributed by atoms with E-state index >= 15 is 0 Å². The van der Waals surface area contributed by atoms with Crippen LogP contribution < -0.4 is 0 Å². The Bertz CT molecular complexity index is 1490. The van der Waals surface area contributed by atoms with Crippen LogP contribution in [0.2, 0.25) is 0 Å². The lowest BCUT2D eigenvalue weighted by Gasteiger charge is -2.13. The maximum atomic E-state index is 9.23. The number of nitriles is 2. The zero-order valence-corrected chi connectivity index (χ0v) is 18.4. The van der Waals surface area contributed by atoms with Crippen molar-refractivity contribution in [3.05, 3.63) is 130 Å². The van der Waals surface area contributed by atoms with Crippen LogP contribution >= 0.6 is 0 Å². The molecule has 0 spiro atoms. The molecule has 0 aliphatic heterocycles. The fourth-order valence-corrected chi connectivity index (χ4v) is 4.34. The van der Waals surface area contributed by atoms with Crippen LogP contribution in [-0.2, 0) is 0 Å². The average molecular weight is 433 g/mol. The van der Waals surface area contributed by atoms with E-state index in [4.69, 9.17) is 0 Å². The molecule has 0 saturated carbocycles. The first-order chi connectivity index (χ1) is 16.8. The molecular weight excluding hydrogens is 412 g/mol. The van der Waals surface area contributed by atoms with Gasteiger partial charge in [0.2, 0.25) is 0 Å². The van der Waals surface area contributed by atoms with Gasteiger partial charge in [0.25, 0.3) is 0 Å². The van der Waals surface area contributed by atoms with Crippen LogP contribution in [0.25, 0.3) is 45.8 Å². The molecule has 5 aromatic rings. The Morgan fingerprint density at radius 2 is 0.824 bits per heavy atom. The predicted molar refractivity (Wildman–Crippen MR) is 142 cm³/mol. The Kier molecular flexibility index (Phi) is 5.73. The van der Waals surface area contributed by atoms with E-state index in [1.807, 2.05) is 48.5 Å². The topological polar surface area (TPSA) is 47.6 Å². The molecule has 0 unspecified atom stereocenters. The summed E-state index contributed by atoms with van der Waals surface area (Å²) in [5.41, 5.74) is 5.59. The van der Waals surface area contributed by atoms with Crippen LogP contribution in [0.4, 0.5) is 0 Å². The number of nitrogens with zero attached hydrogens (tertiary/aromatic N) is 2. The van der Waals surface area contributed by atoms with E-state index in [1.54, 1.807) is 0 Å². The summed E-state index contributed by atoms with van der Waals surface area (Å²) in [6.45, 7) is 0. The van der Waals surface area contributed by atoms with Crippen LogP contribution in [0, 0.1) is 22.7 Å². The van der Waals surface area contributed by atoms with E-state index < -0.39 is 0 Å². The van der Waals surface area contributed by atoms with Gasteiger partial charge < -0.3 is 0 Å². The van der Waals surface area contributed by atoms with Crippen molar-refractivity contribution >= 4 is 45.8 Å². The van der Waals surface area contributed by atoms with Crippen molar-refractivity contribution in [2.75, 3.05) is 0 Å². The maximum Gasteiger partial charge on any atom is 0.0991 e. The van der Waals surface area contributed by atoms with Crippen LogP contribution in [-0.4, -0.2) is 0 Å². The molecule has 5 aromatic carbocycles. The van der Waals surface area contributed by atoms with Gasteiger partial charge >= 0.3 is 0 Å². The summed E-state index contributed by atoms with van der Waals surface area (Å²) >= 11 is 0. The third-order valence-corrected chi connectivity index (χ3v) is 5.93. The van der Waals surface area contributed by atoms with Crippen molar-refractivity contribution in [1.29, 1.82) is 10.5 Å². The summed E-state index contributed by atoms with van der Waals surface area (Å²) in [5.74, 6) is 0. The standard InChI is InChI=1S/C32H20N2/c33-21-25-9-5-7-23(19-25)15-17-31-27-11-1-2-12-28(27)32(30-14-4-3-13-29(30)31)18-16-24-8-6-10-26(20-24)22-34/h1-20H/b17-15+,18-16+. The Labute approximate surface area is 199 Å². The fraction of sp³-hybridized carbons (Fsp3) is 0. The molecule has 2 heteroatoms. The molecular formula is C32H20N2. The van der Waals surface area contributed by atoms with Gasteiger partial charge in [-0.25, -0.2) is 0 Å². The van der Waals surface area contributed by atoms with Crippen LogP contribution in [0.5, 0.6) is 0 Å². The van der Waals surface area contributed by atoms with Gasteiger partial charge in [0, 0.05) is 0 Å². The highest BCUT2D eigenvalue weighted by Gasteiger charge is 2.10. The van der Waals surface area contributed by atoms with E-state index in [-0.39, 0.29) is 0 Å². The third-order valence-electron chi connectivity index (χ3n) is 5.93. The summed E-state index contributed by atoms with van der Waals surface area (Å²) in [6, 6.07) is 36.5. The second-order valence-corrected chi connectivity index (χ2v) is 8.06. The van der Waals surface area contributed by atoms with Gasteiger partial charge in [-0.15, -0.1) is 0 Å². The second-order valence-electron chi connectivity index (χ2n) is 8.06. The number of hydrogen-bond donors (Lipinski definition) is 0. The Balaban J connectivity index is 1.70. The Morgan fingerprint density at radius 3 is 1.18 bits per heavy atom. The van der Waals surface area contributed by atoms with E-state index in [2.05, 4.69) is 85.0 Å². The highest BCUT2D eigenvalue weighted by molar-refractivity contribution is 6.14. The number of benzene rings is 5. The Hall–Kier alpha value is -4.92. The van der Waals surface area contributed by atoms with Crippen LogP contribution in [0.1, 0.15) is 33.4 Å². The molecule has 0 heterocycles. The number of fused-ring (bicyclic) bond motifs is 2. The molecule has 0 bridgehead atoms. The van der Waals surface area contributed by atoms with E-state index in [0.717, 1.165) is 22.3 Å². The van der Waals surface area contributed by atoms with Gasteiger partial charge in [-0.1, -0.05) is 97.1 Å². The molecule has 0 fully saturated rings. The largest absolute Gasteiger partial charge is 0.192 e. The van der Waals surface area contributed by atoms with Gasteiger partial charge in [-0.3, -0.25) is 0 Å². The lowest BCUT2D eigenvalue weighted by molar-refractivity contribution is 1.48. The van der Waals surface area contributed by atoms with Crippen molar-refractivity contribution < 1.29 is 0 Å². The van der Waals surface area contributed by atoms with Crippen LogP contribution in [0.15, 0.2) is 97.1 Å². The fourth-order valence-electron chi connectivity index (χ4n) is 4.34. The molecule has 0 atom stereocenters. The van der Waals surface area contributed by atoms with Crippen molar-refractivity contribution in [3.8, 4) is 12.1 Å². The highest BCUT2D eigenvalue weighted by Crippen LogP contribution is 2.35. The van der Waals surface area contributed by atoms with Gasteiger partial charge in [-0.05, 0) is 68.1 Å². The number of rotatable bonds is 4.